The molecule has 4 nitrogen and oxygen atoms in total. The Bertz CT molecular complexity index is 760. The number of anilines is 1. The van der Waals surface area contributed by atoms with Gasteiger partial charge in [-0.1, -0.05) is 6.07 Å². The van der Waals surface area contributed by atoms with E-state index in [0.29, 0.717) is 0 Å². The van der Waals surface area contributed by atoms with E-state index in [2.05, 4.69) is 60.6 Å². The third-order valence-corrected chi connectivity index (χ3v) is 3.82. The first-order chi connectivity index (χ1) is 10.2. The summed E-state index contributed by atoms with van der Waals surface area (Å²) in [5.74, 6) is 0. The van der Waals surface area contributed by atoms with E-state index in [1.54, 1.807) is 0 Å². The van der Waals surface area contributed by atoms with Crippen molar-refractivity contribution in [2.24, 2.45) is 0 Å². The van der Waals surface area contributed by atoms with E-state index in [-0.39, 0.29) is 6.04 Å². The van der Waals surface area contributed by atoms with Crippen molar-refractivity contribution in [2.75, 3.05) is 5.32 Å². The van der Waals surface area contributed by atoms with Crippen molar-refractivity contribution in [2.45, 2.75) is 33.4 Å². The van der Waals surface area contributed by atoms with Gasteiger partial charge in [-0.3, -0.25) is 9.67 Å². The molecule has 3 rings (SSSR count). The summed E-state index contributed by atoms with van der Waals surface area (Å²) in [6.07, 6.45) is 5.86. The maximum absolute atomic E-state index is 4.48. The summed E-state index contributed by atoms with van der Waals surface area (Å²) < 4.78 is 1.95. The van der Waals surface area contributed by atoms with E-state index >= 15 is 0 Å². The van der Waals surface area contributed by atoms with E-state index in [1.165, 1.54) is 11.1 Å². The highest BCUT2D eigenvalue weighted by atomic mass is 15.3. The van der Waals surface area contributed by atoms with Gasteiger partial charge in [-0.2, -0.15) is 5.10 Å². The molecular weight excluding hydrogens is 260 g/mol. The van der Waals surface area contributed by atoms with Crippen molar-refractivity contribution >= 4 is 16.6 Å². The van der Waals surface area contributed by atoms with Crippen molar-refractivity contribution in [3.05, 3.63) is 54.0 Å². The Kier molecular flexibility index (Phi) is 3.60. The highest BCUT2D eigenvalue weighted by Gasteiger charge is 2.10. The molecule has 0 spiro atoms. The average molecular weight is 280 g/mol. The number of aryl methyl sites for hydroxylation is 2. The van der Waals surface area contributed by atoms with Gasteiger partial charge in [-0.25, -0.2) is 0 Å². The first kappa shape index (κ1) is 13.6. The van der Waals surface area contributed by atoms with Gasteiger partial charge in [0.1, 0.15) is 0 Å². The average Bonchev–Trinajstić information content (AvgIpc) is 2.99. The second-order valence-electron chi connectivity index (χ2n) is 5.32. The topological polar surface area (TPSA) is 42.7 Å². The number of aromatic nitrogens is 3. The molecule has 4 heteroatoms. The zero-order valence-corrected chi connectivity index (χ0v) is 12.7. The van der Waals surface area contributed by atoms with Crippen molar-refractivity contribution in [3.63, 3.8) is 0 Å². The van der Waals surface area contributed by atoms with E-state index < -0.39 is 0 Å². The van der Waals surface area contributed by atoms with Gasteiger partial charge in [-0.15, -0.1) is 0 Å². The Morgan fingerprint density at radius 3 is 2.90 bits per heavy atom. The number of nitrogens with one attached hydrogen (secondary N) is 1. The standard InChI is InChI=1S/C17H20N4/c1-4-21-11-14(10-19-21)13(3)20-16-8-7-12(2)17-15(16)6-5-9-18-17/h5-11,13,20H,4H2,1-3H3. The van der Waals surface area contributed by atoms with Crippen molar-refractivity contribution in [1.82, 2.24) is 14.8 Å². The number of hydrogen-bond acceptors (Lipinski definition) is 3. The van der Waals surface area contributed by atoms with Crippen LogP contribution in [0.3, 0.4) is 0 Å². The normalized spacial score (nSPS) is 12.5. The zero-order valence-electron chi connectivity index (χ0n) is 12.7. The number of fused-ring (bicyclic) bond motifs is 1. The highest BCUT2D eigenvalue weighted by Crippen LogP contribution is 2.27. The summed E-state index contributed by atoms with van der Waals surface area (Å²) >= 11 is 0. The second-order valence-corrected chi connectivity index (χ2v) is 5.32. The fourth-order valence-electron chi connectivity index (χ4n) is 2.53. The molecule has 1 atom stereocenters. The summed E-state index contributed by atoms with van der Waals surface area (Å²) in [6, 6.07) is 8.53. The Morgan fingerprint density at radius 1 is 1.29 bits per heavy atom. The SMILES string of the molecule is CCn1cc(C(C)Nc2ccc(C)c3ncccc23)cn1. The van der Waals surface area contributed by atoms with Gasteiger partial charge in [0.2, 0.25) is 0 Å². The Morgan fingerprint density at radius 2 is 2.14 bits per heavy atom. The number of rotatable bonds is 4. The molecule has 1 unspecified atom stereocenters. The molecular formula is C17H20N4. The van der Waals surface area contributed by atoms with Gasteiger partial charge in [0.25, 0.3) is 0 Å². The monoisotopic (exact) mass is 280 g/mol. The van der Waals surface area contributed by atoms with Gasteiger partial charge < -0.3 is 5.32 Å². The van der Waals surface area contributed by atoms with Crippen LogP contribution in [-0.4, -0.2) is 14.8 Å². The summed E-state index contributed by atoms with van der Waals surface area (Å²) in [5, 5.41) is 9.07. The lowest BCUT2D eigenvalue weighted by atomic mass is 10.1. The smallest absolute Gasteiger partial charge is 0.0751 e. The molecule has 0 aliphatic rings. The number of pyridine rings is 1. The highest BCUT2D eigenvalue weighted by molar-refractivity contribution is 5.93. The lowest BCUT2D eigenvalue weighted by Gasteiger charge is -2.16. The number of benzene rings is 1. The van der Waals surface area contributed by atoms with Gasteiger partial charge in [0, 0.05) is 35.6 Å². The fraction of sp³-hybridized carbons (Fsp3) is 0.294. The van der Waals surface area contributed by atoms with Crippen LogP contribution in [0.15, 0.2) is 42.9 Å². The fourth-order valence-corrected chi connectivity index (χ4v) is 2.53. The third-order valence-electron chi connectivity index (χ3n) is 3.82. The number of hydrogen-bond donors (Lipinski definition) is 1. The maximum Gasteiger partial charge on any atom is 0.0751 e. The molecule has 108 valence electrons. The minimum absolute atomic E-state index is 0.205. The van der Waals surface area contributed by atoms with E-state index in [1.807, 2.05) is 23.1 Å². The van der Waals surface area contributed by atoms with Crippen LogP contribution < -0.4 is 5.32 Å². The predicted octanol–water partition coefficient (Wildman–Crippen LogP) is 3.93. The van der Waals surface area contributed by atoms with Crippen LogP contribution in [0.2, 0.25) is 0 Å². The van der Waals surface area contributed by atoms with Gasteiger partial charge in [-0.05, 0) is 44.5 Å². The van der Waals surface area contributed by atoms with E-state index in [4.69, 9.17) is 0 Å². The van der Waals surface area contributed by atoms with Crippen LogP contribution in [-0.2, 0) is 6.54 Å². The molecule has 3 aromatic rings. The van der Waals surface area contributed by atoms with Crippen LogP contribution in [0.4, 0.5) is 5.69 Å². The minimum Gasteiger partial charge on any atom is -0.378 e. The molecule has 0 bridgehead atoms. The molecule has 2 aromatic heterocycles. The van der Waals surface area contributed by atoms with Crippen molar-refractivity contribution < 1.29 is 0 Å². The van der Waals surface area contributed by atoms with Crippen LogP contribution in [0.1, 0.15) is 31.0 Å². The van der Waals surface area contributed by atoms with Gasteiger partial charge in [0.05, 0.1) is 17.8 Å². The van der Waals surface area contributed by atoms with Crippen molar-refractivity contribution in [1.29, 1.82) is 0 Å². The van der Waals surface area contributed by atoms with Crippen LogP contribution in [0.5, 0.6) is 0 Å². The third kappa shape index (κ3) is 2.61. The minimum atomic E-state index is 0.205. The molecule has 0 amide bonds. The van der Waals surface area contributed by atoms with E-state index in [9.17, 15) is 0 Å². The number of nitrogens with zero attached hydrogens (tertiary/aromatic N) is 3. The lowest BCUT2D eigenvalue weighted by Crippen LogP contribution is -2.06. The molecule has 0 aliphatic carbocycles. The second kappa shape index (κ2) is 5.56. The lowest BCUT2D eigenvalue weighted by molar-refractivity contribution is 0.658. The van der Waals surface area contributed by atoms with Crippen LogP contribution in [0.25, 0.3) is 10.9 Å². The molecule has 2 heterocycles. The molecule has 21 heavy (non-hydrogen) atoms. The van der Waals surface area contributed by atoms with Gasteiger partial charge >= 0.3 is 0 Å². The summed E-state index contributed by atoms with van der Waals surface area (Å²) in [4.78, 5) is 4.48. The molecule has 1 N–H and O–H groups in total. The van der Waals surface area contributed by atoms with Crippen LogP contribution in [0, 0.1) is 6.92 Å². The predicted molar refractivity (Wildman–Crippen MR) is 86.4 cm³/mol. The van der Waals surface area contributed by atoms with Crippen LogP contribution >= 0.6 is 0 Å². The molecule has 0 radical (unpaired) electrons. The molecule has 0 saturated carbocycles. The summed E-state index contributed by atoms with van der Waals surface area (Å²) in [6.45, 7) is 7.23. The summed E-state index contributed by atoms with van der Waals surface area (Å²) in [7, 11) is 0. The van der Waals surface area contributed by atoms with Gasteiger partial charge in [0.15, 0.2) is 0 Å². The molecule has 0 aliphatic heterocycles. The zero-order chi connectivity index (χ0) is 14.8. The van der Waals surface area contributed by atoms with E-state index in [0.717, 1.165) is 23.1 Å². The Hall–Kier alpha value is -2.36. The van der Waals surface area contributed by atoms with Crippen molar-refractivity contribution in [3.8, 4) is 0 Å². The largest absolute Gasteiger partial charge is 0.378 e. The molecule has 1 aromatic carbocycles. The quantitative estimate of drug-likeness (QED) is 0.787. The Balaban J connectivity index is 1.92. The Labute approximate surface area is 124 Å². The summed E-state index contributed by atoms with van der Waals surface area (Å²) in [5.41, 5.74) is 4.55. The first-order valence-corrected chi connectivity index (χ1v) is 7.32. The first-order valence-electron chi connectivity index (χ1n) is 7.32. The molecule has 0 saturated heterocycles. The molecule has 0 fully saturated rings. The maximum atomic E-state index is 4.48.